The summed E-state index contributed by atoms with van der Waals surface area (Å²) in [5.74, 6) is 0.312. The molecule has 0 heterocycles. The Kier molecular flexibility index (Phi) is 11.9. The van der Waals surface area contributed by atoms with Crippen LogP contribution in [-0.2, 0) is 9.53 Å². The van der Waals surface area contributed by atoms with E-state index >= 15 is 0 Å². The van der Waals surface area contributed by atoms with Gasteiger partial charge in [0.25, 0.3) is 0 Å². The zero-order valence-electron chi connectivity index (χ0n) is 18.8. The Morgan fingerprint density at radius 3 is 2.62 bits per heavy atom. The lowest BCUT2D eigenvalue weighted by Crippen LogP contribution is -2.27. The number of ketones is 1. The minimum Gasteiger partial charge on any atom is -0.450 e. The Hall–Kier alpha value is -1.62. The molecule has 0 aromatic rings. The third-order valence-electron chi connectivity index (χ3n) is 5.90. The van der Waals surface area contributed by atoms with E-state index in [-0.39, 0.29) is 29.1 Å². The number of hydrogen-bond acceptors (Lipinski definition) is 4. The van der Waals surface area contributed by atoms with Crippen molar-refractivity contribution in [3.05, 3.63) is 24.3 Å². The third kappa shape index (κ3) is 9.62. The van der Waals surface area contributed by atoms with E-state index in [1.165, 1.54) is 0 Å². The zero-order chi connectivity index (χ0) is 21.7. The van der Waals surface area contributed by atoms with Gasteiger partial charge in [-0.25, -0.2) is 4.79 Å². The van der Waals surface area contributed by atoms with Gasteiger partial charge in [-0.3, -0.25) is 4.79 Å². The fraction of sp³-hybridized carbons (Fsp3) is 0.750. The lowest BCUT2D eigenvalue weighted by molar-refractivity contribution is -0.118. The predicted octanol–water partition coefficient (Wildman–Crippen LogP) is 5.19. The molecule has 29 heavy (non-hydrogen) atoms. The molecule has 0 spiro atoms. The quantitative estimate of drug-likeness (QED) is 0.307. The summed E-state index contributed by atoms with van der Waals surface area (Å²) in [6.07, 6.45) is 15.9. The van der Waals surface area contributed by atoms with Gasteiger partial charge in [0, 0.05) is 18.9 Å². The summed E-state index contributed by atoms with van der Waals surface area (Å²) < 4.78 is 4.97. The number of allylic oxidation sites excluding steroid dienone is 3. The molecule has 0 unspecified atom stereocenters. The highest BCUT2D eigenvalue weighted by atomic mass is 16.5. The highest BCUT2D eigenvalue weighted by Crippen LogP contribution is 2.32. The van der Waals surface area contributed by atoms with Gasteiger partial charge in [-0.2, -0.15) is 0 Å². The van der Waals surface area contributed by atoms with E-state index in [1.807, 2.05) is 18.2 Å². The maximum Gasteiger partial charge on any atom is 0.406 e. The van der Waals surface area contributed by atoms with Crippen molar-refractivity contribution in [3.63, 3.8) is 0 Å². The Labute approximate surface area is 177 Å². The van der Waals surface area contributed by atoms with Crippen molar-refractivity contribution in [3.8, 4) is 0 Å². The Morgan fingerprint density at radius 1 is 1.24 bits per heavy atom. The molecule has 0 aliphatic heterocycles. The summed E-state index contributed by atoms with van der Waals surface area (Å²) in [5.41, 5.74) is -0.143. The molecular weight excluding hydrogens is 366 g/mol. The number of amides is 1. The van der Waals surface area contributed by atoms with Crippen molar-refractivity contribution in [2.75, 3.05) is 13.7 Å². The van der Waals surface area contributed by atoms with Crippen molar-refractivity contribution in [2.45, 2.75) is 84.7 Å². The number of rotatable bonds is 14. The number of alkyl carbamates (subject to hydrolysis) is 1. The van der Waals surface area contributed by atoms with Crippen LogP contribution in [0.2, 0.25) is 0 Å². The number of carbonyl (C=O) groups excluding carboxylic acids is 2. The monoisotopic (exact) mass is 407 g/mol. The fourth-order valence-electron chi connectivity index (χ4n) is 3.69. The van der Waals surface area contributed by atoms with Gasteiger partial charge >= 0.3 is 6.09 Å². The van der Waals surface area contributed by atoms with Crippen LogP contribution >= 0.6 is 0 Å². The molecule has 0 radical (unpaired) electrons. The molecule has 2 N–H and O–H groups in total. The molecule has 1 amide bonds. The minimum absolute atomic E-state index is 0.00814. The minimum atomic E-state index is -0.490. The molecule has 5 nitrogen and oxygen atoms in total. The number of aliphatic hydroxyl groups is 1. The SMILES string of the molecule is CCCCC(C)(C)[C@H](O)/C=C/[C@H]1C=CC(=O)[C@@H]1CCCCCCCOC(=O)NC. The summed E-state index contributed by atoms with van der Waals surface area (Å²) in [4.78, 5) is 23.2. The summed E-state index contributed by atoms with van der Waals surface area (Å²) in [6.45, 7) is 6.82. The van der Waals surface area contributed by atoms with Crippen molar-refractivity contribution >= 4 is 11.9 Å². The van der Waals surface area contributed by atoms with Gasteiger partial charge in [-0.05, 0) is 30.8 Å². The van der Waals surface area contributed by atoms with E-state index in [0.29, 0.717) is 6.61 Å². The molecule has 1 aliphatic rings. The van der Waals surface area contributed by atoms with Crippen molar-refractivity contribution < 1.29 is 19.4 Å². The van der Waals surface area contributed by atoms with E-state index in [9.17, 15) is 14.7 Å². The highest BCUT2D eigenvalue weighted by Gasteiger charge is 2.29. The zero-order valence-corrected chi connectivity index (χ0v) is 18.8. The molecule has 0 saturated carbocycles. The van der Waals surface area contributed by atoms with Crippen LogP contribution in [0.5, 0.6) is 0 Å². The van der Waals surface area contributed by atoms with E-state index in [0.717, 1.165) is 57.8 Å². The molecular formula is C24H41NO4. The predicted molar refractivity (Wildman–Crippen MR) is 118 cm³/mol. The second-order valence-corrected chi connectivity index (χ2v) is 8.81. The standard InChI is InChI=1S/C24H41NO4/c1-5-6-17-24(2,3)22(27)16-14-19-13-15-21(26)20(19)12-10-8-7-9-11-18-29-23(28)25-4/h13-16,19-20,22,27H,5-12,17-18H2,1-4H3,(H,25,28)/b16-14+/t19-,20-,22-/m1/s1. The topological polar surface area (TPSA) is 75.6 Å². The first-order valence-corrected chi connectivity index (χ1v) is 11.2. The van der Waals surface area contributed by atoms with Gasteiger partial charge in [0.1, 0.15) is 0 Å². The highest BCUT2D eigenvalue weighted by molar-refractivity contribution is 5.94. The van der Waals surface area contributed by atoms with Gasteiger partial charge in [-0.15, -0.1) is 0 Å². The largest absolute Gasteiger partial charge is 0.450 e. The Balaban J connectivity index is 2.32. The van der Waals surface area contributed by atoms with Gasteiger partial charge in [0.05, 0.1) is 12.7 Å². The smallest absolute Gasteiger partial charge is 0.406 e. The summed E-state index contributed by atoms with van der Waals surface area (Å²) in [5, 5.41) is 13.0. The van der Waals surface area contributed by atoms with E-state index in [2.05, 4.69) is 26.1 Å². The van der Waals surface area contributed by atoms with Gasteiger partial charge in [0.15, 0.2) is 5.78 Å². The molecule has 1 rings (SSSR count). The molecule has 0 fully saturated rings. The van der Waals surface area contributed by atoms with E-state index in [4.69, 9.17) is 4.74 Å². The average Bonchev–Trinajstić information content (AvgIpc) is 3.05. The summed E-state index contributed by atoms with van der Waals surface area (Å²) in [7, 11) is 1.55. The molecule has 3 atom stereocenters. The first-order chi connectivity index (χ1) is 13.8. The maximum absolute atomic E-state index is 12.2. The fourth-order valence-corrected chi connectivity index (χ4v) is 3.69. The van der Waals surface area contributed by atoms with Crippen LogP contribution in [0.3, 0.4) is 0 Å². The van der Waals surface area contributed by atoms with E-state index in [1.54, 1.807) is 13.1 Å². The number of nitrogens with one attached hydrogen (secondary N) is 1. The average molecular weight is 408 g/mol. The van der Waals surface area contributed by atoms with E-state index < -0.39 is 6.10 Å². The van der Waals surface area contributed by atoms with Crippen molar-refractivity contribution in [2.24, 2.45) is 17.3 Å². The molecule has 0 bridgehead atoms. The second kappa shape index (κ2) is 13.6. The molecule has 1 aliphatic carbocycles. The van der Waals surface area contributed by atoms with Crippen LogP contribution in [0.15, 0.2) is 24.3 Å². The van der Waals surface area contributed by atoms with Crippen molar-refractivity contribution in [1.29, 1.82) is 0 Å². The molecule has 0 saturated heterocycles. The Bertz CT molecular complexity index is 553. The Morgan fingerprint density at radius 2 is 1.93 bits per heavy atom. The van der Waals surface area contributed by atoms with Crippen molar-refractivity contribution in [1.82, 2.24) is 5.32 Å². The van der Waals surface area contributed by atoms with Gasteiger partial charge in [0.2, 0.25) is 0 Å². The summed E-state index contributed by atoms with van der Waals surface area (Å²) in [6, 6.07) is 0. The van der Waals surface area contributed by atoms with Crippen LogP contribution in [0.4, 0.5) is 4.79 Å². The number of unbranched alkanes of at least 4 members (excludes halogenated alkanes) is 5. The summed E-state index contributed by atoms with van der Waals surface area (Å²) >= 11 is 0. The lowest BCUT2D eigenvalue weighted by atomic mass is 9.80. The van der Waals surface area contributed by atoms with Crippen LogP contribution in [-0.4, -0.2) is 36.7 Å². The van der Waals surface area contributed by atoms with Gasteiger partial charge in [-0.1, -0.05) is 77.5 Å². The molecule has 0 aromatic heterocycles. The number of carbonyl (C=O) groups is 2. The maximum atomic E-state index is 12.2. The van der Waals surface area contributed by atoms with Crippen LogP contribution < -0.4 is 5.32 Å². The van der Waals surface area contributed by atoms with Crippen LogP contribution in [0.1, 0.15) is 78.6 Å². The number of aliphatic hydroxyl groups excluding tert-OH is 1. The lowest BCUT2D eigenvalue weighted by Gasteiger charge is -2.29. The van der Waals surface area contributed by atoms with Gasteiger partial charge < -0.3 is 15.2 Å². The third-order valence-corrected chi connectivity index (χ3v) is 5.90. The number of hydrogen-bond donors (Lipinski definition) is 2. The second-order valence-electron chi connectivity index (χ2n) is 8.81. The molecule has 166 valence electrons. The molecule has 0 aromatic carbocycles. The first-order valence-electron chi connectivity index (χ1n) is 11.2. The van der Waals surface area contributed by atoms with Crippen LogP contribution in [0, 0.1) is 17.3 Å². The van der Waals surface area contributed by atoms with Crippen LogP contribution in [0.25, 0.3) is 0 Å². The normalized spacial score (nSPS) is 20.4. The molecule has 5 heteroatoms. The number of ether oxygens (including phenoxy) is 1. The first kappa shape index (κ1) is 25.4.